The molecule has 1 aromatic heterocycles. The Hall–Kier alpha value is -3.32. The Labute approximate surface area is 167 Å². The average Bonchev–Trinajstić information content (AvgIpc) is 2.73. The van der Waals surface area contributed by atoms with Crippen LogP contribution in [0.2, 0.25) is 0 Å². The Balaban J connectivity index is 1.90. The van der Waals surface area contributed by atoms with E-state index in [-0.39, 0.29) is 19.1 Å². The predicted molar refractivity (Wildman–Crippen MR) is 109 cm³/mol. The number of amides is 1. The van der Waals surface area contributed by atoms with Gasteiger partial charge in [0.1, 0.15) is 17.1 Å². The molecule has 1 amide bonds. The second-order valence-corrected chi connectivity index (χ2v) is 6.49. The van der Waals surface area contributed by atoms with E-state index < -0.39 is 5.63 Å². The zero-order chi connectivity index (χ0) is 20.8. The zero-order valence-electron chi connectivity index (χ0n) is 16.4. The molecule has 3 aromatic rings. The SMILES string of the molecule is COc1ccc(-c2cc(=O)oc3c(C)c(OCC(=O)NCCCO)ccc23)cc1. The van der Waals surface area contributed by atoms with Crippen LogP contribution in [-0.4, -0.2) is 37.9 Å². The molecule has 3 rings (SSSR count). The summed E-state index contributed by atoms with van der Waals surface area (Å²) in [4.78, 5) is 24.0. The van der Waals surface area contributed by atoms with Crippen molar-refractivity contribution in [2.75, 3.05) is 26.9 Å². The Morgan fingerprint density at radius 2 is 1.93 bits per heavy atom. The van der Waals surface area contributed by atoms with Crippen LogP contribution in [0.5, 0.6) is 11.5 Å². The number of benzene rings is 2. The number of nitrogens with one attached hydrogen (secondary N) is 1. The molecular formula is C22H23NO6. The van der Waals surface area contributed by atoms with Crippen molar-refractivity contribution in [1.29, 1.82) is 0 Å². The van der Waals surface area contributed by atoms with Gasteiger partial charge in [-0.3, -0.25) is 4.79 Å². The van der Waals surface area contributed by atoms with Crippen molar-refractivity contribution in [2.45, 2.75) is 13.3 Å². The maximum absolute atomic E-state index is 12.2. The van der Waals surface area contributed by atoms with Gasteiger partial charge in [0.2, 0.25) is 0 Å². The number of methoxy groups -OCH3 is 1. The van der Waals surface area contributed by atoms with Gasteiger partial charge in [-0.1, -0.05) is 12.1 Å². The lowest BCUT2D eigenvalue weighted by Crippen LogP contribution is -2.30. The molecular weight excluding hydrogens is 374 g/mol. The fourth-order valence-corrected chi connectivity index (χ4v) is 3.01. The second-order valence-electron chi connectivity index (χ2n) is 6.49. The summed E-state index contributed by atoms with van der Waals surface area (Å²) in [7, 11) is 1.60. The number of carbonyl (C=O) groups is 1. The van der Waals surface area contributed by atoms with Crippen LogP contribution < -0.4 is 20.4 Å². The summed E-state index contributed by atoms with van der Waals surface area (Å²) in [5, 5.41) is 12.2. The summed E-state index contributed by atoms with van der Waals surface area (Å²) in [5.74, 6) is 0.904. The van der Waals surface area contributed by atoms with Crippen LogP contribution in [0, 0.1) is 6.92 Å². The number of aliphatic hydroxyl groups is 1. The van der Waals surface area contributed by atoms with E-state index in [1.54, 1.807) is 20.1 Å². The molecule has 0 saturated heterocycles. The molecule has 1 heterocycles. The highest BCUT2D eigenvalue weighted by Gasteiger charge is 2.14. The lowest BCUT2D eigenvalue weighted by Gasteiger charge is -2.13. The molecule has 0 saturated carbocycles. The predicted octanol–water partition coefficient (Wildman–Crippen LogP) is 2.65. The largest absolute Gasteiger partial charge is 0.497 e. The van der Waals surface area contributed by atoms with E-state index in [1.807, 2.05) is 30.3 Å². The summed E-state index contributed by atoms with van der Waals surface area (Å²) in [6.45, 7) is 2.01. The minimum atomic E-state index is -0.467. The second kappa shape index (κ2) is 9.25. The third kappa shape index (κ3) is 4.75. The van der Waals surface area contributed by atoms with Gasteiger partial charge in [-0.25, -0.2) is 4.79 Å². The zero-order valence-corrected chi connectivity index (χ0v) is 16.4. The summed E-state index contributed by atoms with van der Waals surface area (Å²) in [6, 6.07) is 12.4. The number of carbonyl (C=O) groups excluding carboxylic acids is 1. The molecule has 7 nitrogen and oxygen atoms in total. The fourth-order valence-electron chi connectivity index (χ4n) is 3.01. The molecule has 0 aliphatic rings. The normalized spacial score (nSPS) is 10.7. The van der Waals surface area contributed by atoms with Crippen molar-refractivity contribution < 1.29 is 23.8 Å². The van der Waals surface area contributed by atoms with Gasteiger partial charge in [-0.05, 0) is 48.7 Å². The summed E-state index contributed by atoms with van der Waals surface area (Å²) < 4.78 is 16.2. The van der Waals surface area contributed by atoms with Crippen LogP contribution >= 0.6 is 0 Å². The van der Waals surface area contributed by atoms with Crippen LogP contribution in [0.1, 0.15) is 12.0 Å². The smallest absolute Gasteiger partial charge is 0.336 e. The Bertz CT molecular complexity index is 1060. The van der Waals surface area contributed by atoms with Crippen LogP contribution in [0.4, 0.5) is 0 Å². The number of rotatable bonds is 8. The third-order valence-electron chi connectivity index (χ3n) is 4.53. The molecule has 0 unspecified atom stereocenters. The molecule has 0 fully saturated rings. The number of fused-ring (bicyclic) bond motifs is 1. The van der Waals surface area contributed by atoms with E-state index >= 15 is 0 Å². The molecule has 0 spiro atoms. The molecule has 0 aliphatic heterocycles. The van der Waals surface area contributed by atoms with E-state index in [2.05, 4.69) is 5.32 Å². The highest BCUT2D eigenvalue weighted by Crippen LogP contribution is 2.33. The topological polar surface area (TPSA) is 98.0 Å². The van der Waals surface area contributed by atoms with Crippen LogP contribution in [0.15, 0.2) is 51.7 Å². The first-order valence-electron chi connectivity index (χ1n) is 9.25. The standard InChI is InChI=1S/C22H23NO6/c1-14-19(28-13-20(25)23-10-3-11-24)9-8-17-18(12-21(26)29-22(14)17)15-4-6-16(27-2)7-5-15/h4-9,12,24H,3,10-11,13H2,1-2H3,(H,23,25). The maximum Gasteiger partial charge on any atom is 0.336 e. The number of aryl methyl sites for hydroxylation is 1. The first kappa shape index (κ1) is 20.4. The summed E-state index contributed by atoms with van der Waals surface area (Å²) in [5.41, 5.74) is 2.19. The van der Waals surface area contributed by atoms with Crippen molar-refractivity contribution in [3.05, 3.63) is 58.4 Å². The van der Waals surface area contributed by atoms with Crippen LogP contribution in [-0.2, 0) is 4.79 Å². The lowest BCUT2D eigenvalue weighted by molar-refractivity contribution is -0.123. The molecule has 2 N–H and O–H groups in total. The van der Waals surface area contributed by atoms with Gasteiger partial charge in [0.25, 0.3) is 5.91 Å². The van der Waals surface area contributed by atoms with E-state index in [0.29, 0.717) is 29.9 Å². The minimum absolute atomic E-state index is 0.0144. The average molecular weight is 397 g/mol. The van der Waals surface area contributed by atoms with E-state index in [0.717, 1.165) is 22.3 Å². The molecule has 0 atom stereocenters. The molecule has 0 bridgehead atoms. The van der Waals surface area contributed by atoms with Crippen molar-refractivity contribution >= 4 is 16.9 Å². The van der Waals surface area contributed by atoms with Crippen molar-refractivity contribution in [3.8, 4) is 22.6 Å². The third-order valence-corrected chi connectivity index (χ3v) is 4.53. The highest BCUT2D eigenvalue weighted by molar-refractivity contribution is 5.95. The fraction of sp³-hybridized carbons (Fsp3) is 0.273. The molecule has 0 aliphatic carbocycles. The molecule has 2 aromatic carbocycles. The van der Waals surface area contributed by atoms with E-state index in [1.165, 1.54) is 6.07 Å². The summed E-state index contributed by atoms with van der Waals surface area (Å²) >= 11 is 0. The van der Waals surface area contributed by atoms with Gasteiger partial charge in [-0.15, -0.1) is 0 Å². The number of hydrogen-bond donors (Lipinski definition) is 2. The lowest BCUT2D eigenvalue weighted by atomic mass is 10.00. The van der Waals surface area contributed by atoms with Crippen LogP contribution in [0.25, 0.3) is 22.1 Å². The minimum Gasteiger partial charge on any atom is -0.497 e. The van der Waals surface area contributed by atoms with Gasteiger partial charge in [0.15, 0.2) is 6.61 Å². The Morgan fingerprint density at radius 1 is 1.17 bits per heavy atom. The van der Waals surface area contributed by atoms with E-state index in [4.69, 9.17) is 19.0 Å². The van der Waals surface area contributed by atoms with Crippen molar-refractivity contribution in [2.24, 2.45) is 0 Å². The number of ether oxygens (including phenoxy) is 2. The molecule has 152 valence electrons. The Kier molecular flexibility index (Phi) is 6.51. The molecule has 0 radical (unpaired) electrons. The van der Waals surface area contributed by atoms with Crippen LogP contribution in [0.3, 0.4) is 0 Å². The summed E-state index contributed by atoms with van der Waals surface area (Å²) in [6.07, 6.45) is 0.486. The van der Waals surface area contributed by atoms with Gasteiger partial charge in [0.05, 0.1) is 7.11 Å². The van der Waals surface area contributed by atoms with Crippen molar-refractivity contribution in [1.82, 2.24) is 5.32 Å². The van der Waals surface area contributed by atoms with Gasteiger partial charge < -0.3 is 24.3 Å². The highest BCUT2D eigenvalue weighted by atomic mass is 16.5. The maximum atomic E-state index is 12.2. The van der Waals surface area contributed by atoms with Gasteiger partial charge in [0, 0.05) is 30.2 Å². The van der Waals surface area contributed by atoms with E-state index in [9.17, 15) is 9.59 Å². The van der Waals surface area contributed by atoms with Crippen molar-refractivity contribution in [3.63, 3.8) is 0 Å². The van der Waals surface area contributed by atoms with Gasteiger partial charge in [-0.2, -0.15) is 0 Å². The monoisotopic (exact) mass is 397 g/mol. The first-order valence-corrected chi connectivity index (χ1v) is 9.25. The molecule has 7 heteroatoms. The quantitative estimate of drug-likeness (QED) is 0.448. The Morgan fingerprint density at radius 3 is 2.62 bits per heavy atom. The van der Waals surface area contributed by atoms with Gasteiger partial charge >= 0.3 is 5.63 Å². The molecule has 29 heavy (non-hydrogen) atoms. The first-order chi connectivity index (χ1) is 14.0. The number of aliphatic hydroxyl groups excluding tert-OH is 1. The number of hydrogen-bond acceptors (Lipinski definition) is 6.